The first kappa shape index (κ1) is 19.5. The van der Waals surface area contributed by atoms with Crippen LogP contribution in [0.1, 0.15) is 34.3 Å². The summed E-state index contributed by atoms with van der Waals surface area (Å²) in [6, 6.07) is 10.6. The van der Waals surface area contributed by atoms with Gasteiger partial charge in [-0.25, -0.2) is 17.5 Å². The number of hydrogen-bond acceptors (Lipinski definition) is 3. The predicted molar refractivity (Wildman–Crippen MR) is 102 cm³/mol. The molecule has 1 saturated heterocycles. The highest BCUT2D eigenvalue weighted by molar-refractivity contribution is 7.89. The van der Waals surface area contributed by atoms with Gasteiger partial charge < -0.3 is 4.90 Å². The van der Waals surface area contributed by atoms with E-state index in [2.05, 4.69) is 4.72 Å². The smallest absolute Gasteiger partial charge is 0.253 e. The Kier molecular flexibility index (Phi) is 5.62. The summed E-state index contributed by atoms with van der Waals surface area (Å²) in [6.45, 7) is 4.55. The summed E-state index contributed by atoms with van der Waals surface area (Å²) in [6.07, 6.45) is 1.04. The molecule has 27 heavy (non-hydrogen) atoms. The number of hydrogen-bond donors (Lipinski definition) is 1. The fraction of sp³-hybridized carbons (Fsp3) is 0.350. The molecule has 3 rings (SSSR count). The van der Waals surface area contributed by atoms with Crippen LogP contribution in [0.15, 0.2) is 47.4 Å². The van der Waals surface area contributed by atoms with Gasteiger partial charge in [-0.2, -0.15) is 0 Å². The van der Waals surface area contributed by atoms with Gasteiger partial charge in [-0.1, -0.05) is 23.8 Å². The van der Waals surface area contributed by atoms with Crippen molar-refractivity contribution >= 4 is 15.9 Å². The van der Waals surface area contributed by atoms with Crippen LogP contribution in [0.2, 0.25) is 0 Å². The summed E-state index contributed by atoms with van der Waals surface area (Å²) in [5, 5.41) is 0. The van der Waals surface area contributed by atoms with Crippen molar-refractivity contribution in [3.8, 4) is 0 Å². The molecule has 2 aromatic rings. The number of aryl methyl sites for hydroxylation is 2. The minimum Gasteiger partial charge on any atom is -0.339 e. The van der Waals surface area contributed by atoms with Gasteiger partial charge in [0.1, 0.15) is 5.82 Å². The third kappa shape index (κ3) is 4.54. The van der Waals surface area contributed by atoms with Crippen LogP contribution in [0.25, 0.3) is 0 Å². The van der Waals surface area contributed by atoms with E-state index in [0.29, 0.717) is 37.1 Å². The lowest BCUT2D eigenvalue weighted by atomic mass is 10.0. The van der Waals surface area contributed by atoms with Gasteiger partial charge in [0.25, 0.3) is 5.91 Å². The van der Waals surface area contributed by atoms with Crippen molar-refractivity contribution in [3.63, 3.8) is 0 Å². The molecule has 0 spiro atoms. The van der Waals surface area contributed by atoms with Crippen molar-refractivity contribution in [1.82, 2.24) is 9.62 Å². The van der Waals surface area contributed by atoms with Gasteiger partial charge >= 0.3 is 0 Å². The molecule has 1 amide bonds. The van der Waals surface area contributed by atoms with Gasteiger partial charge in [0.15, 0.2) is 0 Å². The lowest BCUT2D eigenvalue weighted by molar-refractivity contribution is 0.0711. The van der Waals surface area contributed by atoms with Crippen molar-refractivity contribution in [2.75, 3.05) is 13.1 Å². The first-order chi connectivity index (χ1) is 12.8. The third-order valence-electron chi connectivity index (χ3n) is 4.80. The van der Waals surface area contributed by atoms with Crippen LogP contribution < -0.4 is 4.72 Å². The predicted octanol–water partition coefficient (Wildman–Crippen LogP) is 3.03. The summed E-state index contributed by atoms with van der Waals surface area (Å²) >= 11 is 0. The van der Waals surface area contributed by atoms with Crippen molar-refractivity contribution in [3.05, 3.63) is 65.0 Å². The Morgan fingerprint density at radius 1 is 1.11 bits per heavy atom. The number of benzene rings is 2. The van der Waals surface area contributed by atoms with Crippen LogP contribution in [0, 0.1) is 19.7 Å². The van der Waals surface area contributed by atoms with Crippen LogP contribution in [0.4, 0.5) is 4.39 Å². The number of carbonyl (C=O) groups is 1. The maximum atomic E-state index is 13.3. The highest BCUT2D eigenvalue weighted by Crippen LogP contribution is 2.20. The van der Waals surface area contributed by atoms with Gasteiger partial charge in [-0.3, -0.25) is 4.79 Å². The molecule has 7 heteroatoms. The summed E-state index contributed by atoms with van der Waals surface area (Å²) in [7, 11) is -3.61. The van der Waals surface area contributed by atoms with Crippen LogP contribution in [0.5, 0.6) is 0 Å². The zero-order chi connectivity index (χ0) is 19.6. The topological polar surface area (TPSA) is 66.5 Å². The Morgan fingerprint density at radius 2 is 1.81 bits per heavy atom. The maximum Gasteiger partial charge on any atom is 0.253 e. The molecule has 1 N–H and O–H groups in total. The zero-order valence-corrected chi connectivity index (χ0v) is 16.2. The van der Waals surface area contributed by atoms with E-state index in [1.165, 1.54) is 18.2 Å². The molecular weight excluding hydrogens is 367 g/mol. The minimum atomic E-state index is -3.61. The van der Waals surface area contributed by atoms with E-state index in [0.717, 1.165) is 5.56 Å². The highest BCUT2D eigenvalue weighted by Gasteiger charge is 2.28. The Morgan fingerprint density at radius 3 is 2.44 bits per heavy atom. The van der Waals surface area contributed by atoms with E-state index < -0.39 is 15.8 Å². The summed E-state index contributed by atoms with van der Waals surface area (Å²) < 4.78 is 41.4. The molecule has 0 aromatic heterocycles. The Labute approximate surface area is 159 Å². The monoisotopic (exact) mass is 390 g/mol. The second kappa shape index (κ2) is 7.78. The number of carbonyl (C=O) groups excluding carboxylic acids is 1. The first-order valence-electron chi connectivity index (χ1n) is 8.91. The van der Waals surface area contributed by atoms with Gasteiger partial charge in [0.2, 0.25) is 10.0 Å². The van der Waals surface area contributed by atoms with E-state index in [1.54, 1.807) is 30.0 Å². The number of halogens is 1. The van der Waals surface area contributed by atoms with Crippen LogP contribution in [0.3, 0.4) is 0 Å². The molecule has 0 bridgehead atoms. The second-order valence-electron chi connectivity index (χ2n) is 6.97. The van der Waals surface area contributed by atoms with Gasteiger partial charge in [-0.05, 0) is 56.5 Å². The molecule has 2 aromatic carbocycles. The van der Waals surface area contributed by atoms with E-state index in [-0.39, 0.29) is 16.8 Å². The number of rotatable bonds is 4. The first-order valence-corrected chi connectivity index (χ1v) is 10.4. The molecule has 0 unspecified atom stereocenters. The number of nitrogens with zero attached hydrogens (tertiary/aromatic N) is 1. The van der Waals surface area contributed by atoms with Crippen LogP contribution in [-0.2, 0) is 10.0 Å². The second-order valence-corrected chi connectivity index (χ2v) is 8.65. The number of amides is 1. The fourth-order valence-corrected chi connectivity index (χ4v) is 4.92. The lowest BCUT2D eigenvalue weighted by Crippen LogP contribution is -2.46. The molecule has 0 aliphatic carbocycles. The molecule has 1 aliphatic heterocycles. The summed E-state index contributed by atoms with van der Waals surface area (Å²) in [5.41, 5.74) is 2.03. The van der Waals surface area contributed by atoms with Crippen molar-refractivity contribution < 1.29 is 17.6 Å². The standard InChI is InChI=1S/C20H23FN2O3S/c1-14-6-7-19(15(2)12-14)27(25,26)22-18-8-10-23(11-9-18)20(24)16-4-3-5-17(21)13-16/h3-7,12-13,18,22H,8-11H2,1-2H3. The Bertz CT molecular complexity index is 951. The lowest BCUT2D eigenvalue weighted by Gasteiger charge is -2.32. The summed E-state index contributed by atoms with van der Waals surface area (Å²) in [5.74, 6) is -0.679. The molecule has 0 atom stereocenters. The Balaban J connectivity index is 1.63. The van der Waals surface area contributed by atoms with Crippen LogP contribution >= 0.6 is 0 Å². The average Bonchev–Trinajstić information content (AvgIpc) is 2.61. The molecular formula is C20H23FN2O3S. The third-order valence-corrected chi connectivity index (χ3v) is 6.48. The normalized spacial score (nSPS) is 15.7. The van der Waals surface area contributed by atoms with E-state index in [1.807, 2.05) is 13.0 Å². The molecule has 1 heterocycles. The minimum absolute atomic E-state index is 0.229. The quantitative estimate of drug-likeness (QED) is 0.873. The number of sulfonamides is 1. The summed E-state index contributed by atoms with van der Waals surface area (Å²) in [4.78, 5) is 14.4. The van der Waals surface area contributed by atoms with Gasteiger partial charge in [0, 0.05) is 24.7 Å². The number of piperidine rings is 1. The molecule has 144 valence electrons. The average molecular weight is 390 g/mol. The molecule has 0 saturated carbocycles. The van der Waals surface area contributed by atoms with Crippen molar-refractivity contribution in [2.45, 2.75) is 37.6 Å². The number of nitrogens with one attached hydrogen (secondary N) is 1. The van der Waals surface area contributed by atoms with Gasteiger partial charge in [-0.15, -0.1) is 0 Å². The fourth-order valence-electron chi connectivity index (χ4n) is 3.39. The SMILES string of the molecule is Cc1ccc(S(=O)(=O)NC2CCN(C(=O)c3cccc(F)c3)CC2)c(C)c1. The molecule has 1 fully saturated rings. The van der Waals surface area contributed by atoms with E-state index in [4.69, 9.17) is 0 Å². The van der Waals surface area contributed by atoms with Crippen LogP contribution in [-0.4, -0.2) is 38.4 Å². The molecule has 1 aliphatic rings. The van der Waals surface area contributed by atoms with E-state index in [9.17, 15) is 17.6 Å². The van der Waals surface area contributed by atoms with Gasteiger partial charge in [0.05, 0.1) is 4.90 Å². The Hall–Kier alpha value is -2.25. The van der Waals surface area contributed by atoms with Crippen molar-refractivity contribution in [2.24, 2.45) is 0 Å². The van der Waals surface area contributed by atoms with Crippen molar-refractivity contribution in [1.29, 1.82) is 0 Å². The maximum absolute atomic E-state index is 13.3. The zero-order valence-electron chi connectivity index (χ0n) is 15.4. The molecule has 5 nitrogen and oxygen atoms in total. The van der Waals surface area contributed by atoms with E-state index >= 15 is 0 Å². The molecule has 0 radical (unpaired) electrons. The largest absolute Gasteiger partial charge is 0.339 e. The highest BCUT2D eigenvalue weighted by atomic mass is 32.2. The number of likely N-dealkylation sites (tertiary alicyclic amines) is 1.